The number of nitrogen functional groups attached to an aromatic ring is 1. The second-order valence-electron chi connectivity index (χ2n) is 7.28. The lowest BCUT2D eigenvalue weighted by Gasteiger charge is -2.09. The number of benzene rings is 1. The molecule has 0 aliphatic rings. The number of aryl methyl sites for hydroxylation is 1. The summed E-state index contributed by atoms with van der Waals surface area (Å²) < 4.78 is 5.85. The van der Waals surface area contributed by atoms with E-state index in [9.17, 15) is 0 Å². The molecule has 0 aliphatic carbocycles. The number of hydrogen-bond donors (Lipinski definition) is 1. The molecule has 2 heterocycles. The summed E-state index contributed by atoms with van der Waals surface area (Å²) in [7, 11) is 4.08. The van der Waals surface area contributed by atoms with Gasteiger partial charge in [0.15, 0.2) is 0 Å². The first kappa shape index (κ1) is 21.7. The SMILES string of the molecule is Cc1c(Cl)cccc1-c1cc(CCCSCc2ccc(CN(C)C)o2)nc(N)n1. The molecule has 0 saturated heterocycles. The lowest BCUT2D eigenvalue weighted by atomic mass is 10.0. The van der Waals surface area contributed by atoms with Crippen LogP contribution in [0, 0.1) is 6.92 Å². The van der Waals surface area contributed by atoms with E-state index < -0.39 is 0 Å². The van der Waals surface area contributed by atoms with Gasteiger partial charge in [-0.05, 0) is 69.4 Å². The first-order chi connectivity index (χ1) is 13.9. The molecule has 154 valence electrons. The monoisotopic (exact) mass is 430 g/mol. The van der Waals surface area contributed by atoms with Crippen molar-refractivity contribution in [1.82, 2.24) is 14.9 Å². The highest BCUT2D eigenvalue weighted by molar-refractivity contribution is 7.98. The number of halogens is 1. The first-order valence-corrected chi connectivity index (χ1v) is 11.1. The van der Waals surface area contributed by atoms with E-state index in [1.54, 1.807) is 0 Å². The predicted molar refractivity (Wildman–Crippen MR) is 122 cm³/mol. The molecule has 0 radical (unpaired) electrons. The van der Waals surface area contributed by atoms with Crippen LogP contribution < -0.4 is 5.73 Å². The number of nitrogens with two attached hydrogens (primary N) is 1. The Bertz CT molecular complexity index is 958. The summed E-state index contributed by atoms with van der Waals surface area (Å²) in [4.78, 5) is 10.9. The van der Waals surface area contributed by atoms with Crippen molar-refractivity contribution in [2.45, 2.75) is 32.1 Å². The Morgan fingerprint density at radius 2 is 1.93 bits per heavy atom. The number of thioether (sulfide) groups is 1. The summed E-state index contributed by atoms with van der Waals surface area (Å²) in [5.74, 6) is 4.24. The molecule has 1 aromatic carbocycles. The smallest absolute Gasteiger partial charge is 0.220 e. The largest absolute Gasteiger partial charge is 0.464 e. The quantitative estimate of drug-likeness (QED) is 0.470. The maximum absolute atomic E-state index is 6.25. The van der Waals surface area contributed by atoms with Crippen molar-refractivity contribution >= 4 is 29.3 Å². The number of hydrogen-bond acceptors (Lipinski definition) is 6. The van der Waals surface area contributed by atoms with Gasteiger partial charge in [0.1, 0.15) is 11.5 Å². The highest BCUT2D eigenvalue weighted by atomic mass is 35.5. The fourth-order valence-electron chi connectivity index (χ4n) is 3.09. The molecule has 0 amide bonds. The van der Waals surface area contributed by atoms with Crippen molar-refractivity contribution in [3.63, 3.8) is 0 Å². The van der Waals surface area contributed by atoms with Gasteiger partial charge in [-0.25, -0.2) is 9.97 Å². The average molecular weight is 431 g/mol. The molecule has 0 spiro atoms. The van der Waals surface area contributed by atoms with Crippen molar-refractivity contribution in [3.05, 3.63) is 64.2 Å². The van der Waals surface area contributed by atoms with Crippen molar-refractivity contribution in [3.8, 4) is 11.3 Å². The van der Waals surface area contributed by atoms with Crippen molar-refractivity contribution < 1.29 is 4.42 Å². The fraction of sp³-hybridized carbons (Fsp3) is 0.364. The van der Waals surface area contributed by atoms with Gasteiger partial charge in [-0.1, -0.05) is 23.7 Å². The van der Waals surface area contributed by atoms with Crippen LogP contribution in [-0.2, 0) is 18.7 Å². The molecule has 3 rings (SSSR count). The third kappa shape index (κ3) is 6.23. The molecule has 0 fully saturated rings. The maximum atomic E-state index is 6.25. The fourth-order valence-corrected chi connectivity index (χ4v) is 4.12. The molecule has 0 unspecified atom stereocenters. The molecule has 0 saturated carbocycles. The van der Waals surface area contributed by atoms with Crippen LogP contribution in [0.1, 0.15) is 29.2 Å². The number of rotatable bonds is 9. The van der Waals surface area contributed by atoms with Crippen molar-refractivity contribution in [2.75, 3.05) is 25.6 Å². The number of nitrogens with zero attached hydrogens (tertiary/aromatic N) is 3. The van der Waals surface area contributed by atoms with E-state index in [-0.39, 0.29) is 0 Å². The highest BCUT2D eigenvalue weighted by Gasteiger charge is 2.10. The van der Waals surface area contributed by atoms with E-state index >= 15 is 0 Å². The molecule has 2 aromatic heterocycles. The Morgan fingerprint density at radius 1 is 1.14 bits per heavy atom. The highest BCUT2D eigenvalue weighted by Crippen LogP contribution is 2.28. The van der Waals surface area contributed by atoms with Gasteiger partial charge in [0, 0.05) is 16.3 Å². The minimum Gasteiger partial charge on any atom is -0.464 e. The van der Waals surface area contributed by atoms with Gasteiger partial charge in [0.05, 0.1) is 18.0 Å². The zero-order chi connectivity index (χ0) is 20.8. The second kappa shape index (κ2) is 10.1. The van der Waals surface area contributed by atoms with Gasteiger partial charge in [0.25, 0.3) is 0 Å². The molecule has 7 heteroatoms. The van der Waals surface area contributed by atoms with Gasteiger partial charge < -0.3 is 15.1 Å². The van der Waals surface area contributed by atoms with Crippen LogP contribution >= 0.6 is 23.4 Å². The molecular weight excluding hydrogens is 404 g/mol. The van der Waals surface area contributed by atoms with E-state index in [0.717, 1.165) is 69.9 Å². The Labute approximate surface area is 181 Å². The van der Waals surface area contributed by atoms with E-state index in [1.165, 1.54) is 0 Å². The minimum atomic E-state index is 0.300. The van der Waals surface area contributed by atoms with Gasteiger partial charge in [-0.2, -0.15) is 11.8 Å². The van der Waals surface area contributed by atoms with Gasteiger partial charge in [-0.15, -0.1) is 0 Å². The summed E-state index contributed by atoms with van der Waals surface area (Å²) in [5.41, 5.74) is 9.73. The van der Waals surface area contributed by atoms with Gasteiger partial charge >= 0.3 is 0 Å². The second-order valence-corrected chi connectivity index (χ2v) is 8.79. The molecule has 0 bridgehead atoms. The Kier molecular flexibility index (Phi) is 7.58. The van der Waals surface area contributed by atoms with Crippen molar-refractivity contribution in [1.29, 1.82) is 0 Å². The molecule has 5 nitrogen and oxygen atoms in total. The molecule has 0 aliphatic heterocycles. The number of aromatic nitrogens is 2. The maximum Gasteiger partial charge on any atom is 0.220 e. The number of furan rings is 1. The third-order valence-electron chi connectivity index (χ3n) is 4.50. The average Bonchev–Trinajstić information content (AvgIpc) is 3.09. The first-order valence-electron chi connectivity index (χ1n) is 9.61. The van der Waals surface area contributed by atoms with E-state index in [0.29, 0.717) is 5.95 Å². The van der Waals surface area contributed by atoms with E-state index in [2.05, 4.69) is 27.0 Å². The van der Waals surface area contributed by atoms with Crippen LogP contribution in [0.2, 0.25) is 5.02 Å². The Morgan fingerprint density at radius 3 is 2.72 bits per heavy atom. The normalized spacial score (nSPS) is 11.3. The minimum absolute atomic E-state index is 0.300. The van der Waals surface area contributed by atoms with E-state index in [4.69, 9.17) is 21.8 Å². The standard InChI is InChI=1S/C22H27ClN4OS/c1-15-19(7-4-8-20(15)23)21-12-16(25-22(24)26-21)6-5-11-29-14-18-10-9-17(28-18)13-27(2)3/h4,7-10,12H,5-6,11,13-14H2,1-3H3,(H2,24,25,26). The Hall–Kier alpha value is -2.02. The summed E-state index contributed by atoms with van der Waals surface area (Å²) in [6, 6.07) is 12.0. The summed E-state index contributed by atoms with van der Waals surface area (Å²) >= 11 is 8.12. The lowest BCUT2D eigenvalue weighted by molar-refractivity contribution is 0.344. The van der Waals surface area contributed by atoms with Crippen molar-refractivity contribution in [2.24, 2.45) is 0 Å². The molecule has 0 atom stereocenters. The topological polar surface area (TPSA) is 68.2 Å². The van der Waals surface area contributed by atoms with Gasteiger partial charge in [0.2, 0.25) is 5.95 Å². The zero-order valence-corrected chi connectivity index (χ0v) is 18.7. The van der Waals surface area contributed by atoms with Crippen LogP contribution in [0.3, 0.4) is 0 Å². The molecular formula is C22H27ClN4OS. The summed E-state index contributed by atoms with van der Waals surface area (Å²) in [5, 5.41) is 0.726. The van der Waals surface area contributed by atoms with Crippen LogP contribution in [-0.4, -0.2) is 34.7 Å². The van der Waals surface area contributed by atoms with Crippen LogP contribution in [0.25, 0.3) is 11.3 Å². The summed E-state index contributed by atoms with van der Waals surface area (Å²) in [6.45, 7) is 2.82. The van der Waals surface area contributed by atoms with E-state index in [1.807, 2.05) is 57.0 Å². The molecule has 2 N–H and O–H groups in total. The van der Waals surface area contributed by atoms with Crippen LogP contribution in [0.15, 0.2) is 40.8 Å². The predicted octanol–water partition coefficient (Wildman–Crippen LogP) is 5.21. The summed E-state index contributed by atoms with van der Waals surface area (Å²) in [6.07, 6.45) is 1.87. The molecule has 29 heavy (non-hydrogen) atoms. The van der Waals surface area contributed by atoms with Crippen LogP contribution in [0.5, 0.6) is 0 Å². The van der Waals surface area contributed by atoms with Crippen LogP contribution in [0.4, 0.5) is 5.95 Å². The molecule has 3 aromatic rings. The number of anilines is 1. The Balaban J connectivity index is 1.53. The van der Waals surface area contributed by atoms with Gasteiger partial charge in [-0.3, -0.25) is 0 Å². The third-order valence-corrected chi connectivity index (χ3v) is 5.97. The zero-order valence-electron chi connectivity index (χ0n) is 17.1. The lowest BCUT2D eigenvalue weighted by Crippen LogP contribution is -2.09.